The Morgan fingerprint density at radius 1 is 0.234 bits per heavy atom. The molecule has 107 heavy (non-hydrogen) atoms. The van der Waals surface area contributed by atoms with E-state index in [1.807, 2.05) is 0 Å². The maximum absolute atomic E-state index is 2.72. The summed E-state index contributed by atoms with van der Waals surface area (Å²) in [5.74, 6) is 0. The molecule has 2 aromatic heterocycles. The quantitative estimate of drug-likeness (QED) is 0.160. The lowest BCUT2D eigenvalue weighted by atomic mass is 9.33. The molecule has 11 aromatic carbocycles. The summed E-state index contributed by atoms with van der Waals surface area (Å²) in [5, 5.41) is 5.11. The van der Waals surface area contributed by atoms with Crippen molar-refractivity contribution in [3.8, 4) is 11.4 Å². The molecule has 0 unspecified atom stereocenters. The molecule has 544 valence electrons. The number of anilines is 9. The van der Waals surface area contributed by atoms with Crippen LogP contribution in [0.1, 0.15) is 236 Å². The lowest BCUT2D eigenvalue weighted by molar-refractivity contribution is 0.568. The lowest BCUT2D eigenvalue weighted by Gasteiger charge is -2.47. The van der Waals surface area contributed by atoms with Crippen molar-refractivity contribution in [3.05, 3.63) is 262 Å². The van der Waals surface area contributed by atoms with Gasteiger partial charge in [-0.25, -0.2) is 0 Å². The first-order chi connectivity index (χ1) is 49.8. The predicted octanol–water partition coefficient (Wildman–Crippen LogP) is 26.5. The van der Waals surface area contributed by atoms with Gasteiger partial charge in [0.15, 0.2) is 0 Å². The molecule has 0 fully saturated rings. The van der Waals surface area contributed by atoms with Gasteiger partial charge in [-0.2, -0.15) is 0 Å². The maximum Gasteiger partial charge on any atom is 0.252 e. The van der Waals surface area contributed by atoms with Crippen LogP contribution in [0.2, 0.25) is 0 Å². The highest BCUT2D eigenvalue weighted by Gasteiger charge is 2.47. The Bertz CT molecular complexity index is 5280. The van der Waals surface area contributed by atoms with Crippen molar-refractivity contribution >= 4 is 118 Å². The van der Waals surface area contributed by atoms with Crippen molar-refractivity contribution in [2.75, 3.05) is 14.7 Å². The van der Waals surface area contributed by atoms with E-state index in [-0.39, 0.29) is 55.4 Å². The first kappa shape index (κ1) is 71.7. The Morgan fingerprint density at radius 2 is 0.495 bits per heavy atom. The van der Waals surface area contributed by atoms with Crippen molar-refractivity contribution in [1.82, 2.24) is 9.13 Å². The van der Waals surface area contributed by atoms with Gasteiger partial charge in [0.25, 0.3) is 6.71 Å². The summed E-state index contributed by atoms with van der Waals surface area (Å²) in [6.07, 6.45) is 0. The molecule has 5 nitrogen and oxygen atoms in total. The van der Waals surface area contributed by atoms with Gasteiger partial charge in [0, 0.05) is 72.5 Å². The van der Waals surface area contributed by atoms with Crippen LogP contribution in [0, 0.1) is 0 Å². The molecule has 0 bridgehead atoms. The molecule has 6 heteroatoms. The average Bonchev–Trinajstić information content (AvgIpc) is 0.898. The van der Waals surface area contributed by atoms with Gasteiger partial charge < -0.3 is 23.8 Å². The van der Waals surface area contributed by atoms with Gasteiger partial charge in [-0.3, -0.25) is 0 Å². The minimum Gasteiger partial charge on any atom is -0.311 e. The fourth-order valence-corrected chi connectivity index (χ4v) is 17.5. The molecule has 0 saturated heterocycles. The van der Waals surface area contributed by atoms with E-state index < -0.39 is 0 Å². The molecule has 3 aliphatic rings. The molecule has 16 rings (SSSR count). The predicted molar refractivity (Wildman–Crippen MR) is 466 cm³/mol. The number of rotatable bonds is 5. The highest BCUT2D eigenvalue weighted by Crippen LogP contribution is 2.56. The standard InChI is InChI=1S/C101H112BN5/c1-93(2,3)61-35-43-82-74(53-61)75-54-62(94(4,5)6)36-44-83(75)103(82)69-39-41-80-88(57-69)106(71-49-65(97(13,14)15)47-66(50-71)98(16,17)18)90-59-73(105-86-33-29-27-31-78(86)101(25,26)79-32-28-30-34-87(79)105)60-91-92(90)102(80)81-42-40-70(58-89(81)107(91)72-51-67(99(19,20)21)48-68(52-72)100(22,23)24)104-84-45-37-63(95(7,8)9)55-76(84)77-56-64(96(10,11)12)38-46-85(77)104/h27-60H,1-26H3. The number of aromatic nitrogens is 2. The third kappa shape index (κ3) is 11.8. The zero-order valence-corrected chi connectivity index (χ0v) is 68.9. The van der Waals surface area contributed by atoms with Crippen LogP contribution in [0.4, 0.5) is 51.2 Å². The summed E-state index contributed by atoms with van der Waals surface area (Å²) in [7, 11) is 0. The van der Waals surface area contributed by atoms with Crippen LogP contribution < -0.4 is 31.1 Å². The molecule has 0 atom stereocenters. The van der Waals surface area contributed by atoms with E-state index >= 15 is 0 Å². The van der Waals surface area contributed by atoms with Crippen LogP contribution >= 0.6 is 0 Å². The normalized spacial score (nSPS) is 14.8. The largest absolute Gasteiger partial charge is 0.311 e. The molecule has 0 spiro atoms. The fourth-order valence-electron chi connectivity index (χ4n) is 17.5. The van der Waals surface area contributed by atoms with Gasteiger partial charge in [-0.1, -0.05) is 265 Å². The molecule has 0 radical (unpaired) electrons. The molecule has 5 heterocycles. The van der Waals surface area contributed by atoms with Crippen molar-refractivity contribution in [2.45, 2.75) is 229 Å². The van der Waals surface area contributed by atoms with E-state index in [4.69, 9.17) is 0 Å². The molecular formula is C101H112BN5. The monoisotopic (exact) mass is 1410 g/mol. The molecule has 0 aliphatic carbocycles. The molecule has 0 saturated carbocycles. The number of para-hydroxylation sites is 2. The third-order valence-electron chi connectivity index (χ3n) is 24.2. The van der Waals surface area contributed by atoms with Gasteiger partial charge >= 0.3 is 0 Å². The van der Waals surface area contributed by atoms with Gasteiger partial charge in [0.1, 0.15) is 0 Å². The van der Waals surface area contributed by atoms with Crippen LogP contribution in [0.25, 0.3) is 55.0 Å². The van der Waals surface area contributed by atoms with Gasteiger partial charge in [0.2, 0.25) is 0 Å². The Hall–Kier alpha value is -9.52. The first-order valence-electron chi connectivity index (χ1n) is 39.4. The second kappa shape index (κ2) is 23.7. The number of fused-ring (bicyclic) bond motifs is 12. The molecule has 13 aromatic rings. The highest BCUT2D eigenvalue weighted by atomic mass is 15.2. The average molecular weight is 1410 g/mol. The first-order valence-corrected chi connectivity index (χ1v) is 39.4. The number of nitrogens with zero attached hydrogens (tertiary/aromatic N) is 5. The zero-order valence-electron chi connectivity index (χ0n) is 68.9. The van der Waals surface area contributed by atoms with E-state index in [2.05, 4.69) is 410 Å². The summed E-state index contributed by atoms with van der Waals surface area (Å²) < 4.78 is 5.15. The van der Waals surface area contributed by atoms with Crippen LogP contribution in [0.3, 0.4) is 0 Å². The summed E-state index contributed by atoms with van der Waals surface area (Å²) in [6, 6.07) is 82.9. The van der Waals surface area contributed by atoms with Crippen LogP contribution in [0.15, 0.2) is 206 Å². The Kier molecular flexibility index (Phi) is 15.9. The minimum absolute atomic E-state index is 0.0452. The van der Waals surface area contributed by atoms with Crippen LogP contribution in [-0.2, 0) is 48.7 Å². The summed E-state index contributed by atoms with van der Waals surface area (Å²) in [6.45, 7) is 61.3. The Balaban J connectivity index is 1.08. The van der Waals surface area contributed by atoms with Crippen molar-refractivity contribution < 1.29 is 0 Å². The van der Waals surface area contributed by atoms with E-state index in [0.717, 1.165) is 28.4 Å². The van der Waals surface area contributed by atoms with Crippen LogP contribution in [0.5, 0.6) is 0 Å². The minimum atomic E-state index is -0.279. The number of benzene rings is 11. The van der Waals surface area contributed by atoms with E-state index in [1.165, 1.54) is 150 Å². The lowest BCUT2D eigenvalue weighted by Crippen LogP contribution is -2.61. The van der Waals surface area contributed by atoms with Gasteiger partial charge in [0.05, 0.1) is 39.1 Å². The fraction of sp³-hybridized carbons (Fsp3) is 0.347. The van der Waals surface area contributed by atoms with E-state index in [1.54, 1.807) is 0 Å². The molecule has 3 aliphatic heterocycles. The second-order valence-electron chi connectivity index (χ2n) is 40.6. The number of hydrogen-bond acceptors (Lipinski definition) is 3. The smallest absolute Gasteiger partial charge is 0.252 e. The van der Waals surface area contributed by atoms with Crippen molar-refractivity contribution in [3.63, 3.8) is 0 Å². The molecule has 0 amide bonds. The zero-order chi connectivity index (χ0) is 76.5. The topological polar surface area (TPSA) is 19.6 Å². The summed E-state index contributed by atoms with van der Waals surface area (Å²) in [5.41, 5.74) is 33.3. The molecule has 0 N–H and O–H groups in total. The van der Waals surface area contributed by atoms with E-state index in [9.17, 15) is 0 Å². The maximum atomic E-state index is 2.72. The van der Waals surface area contributed by atoms with Gasteiger partial charge in [-0.15, -0.1) is 0 Å². The van der Waals surface area contributed by atoms with Crippen molar-refractivity contribution in [1.29, 1.82) is 0 Å². The van der Waals surface area contributed by atoms with Crippen LogP contribution in [-0.4, -0.2) is 15.8 Å². The summed E-state index contributed by atoms with van der Waals surface area (Å²) in [4.78, 5) is 8.05. The van der Waals surface area contributed by atoms with Crippen molar-refractivity contribution in [2.24, 2.45) is 0 Å². The summed E-state index contributed by atoms with van der Waals surface area (Å²) >= 11 is 0. The molecular weight excluding hydrogens is 1290 g/mol. The number of hydrogen-bond donors (Lipinski definition) is 0. The van der Waals surface area contributed by atoms with Gasteiger partial charge in [-0.05, 0) is 237 Å². The Labute approximate surface area is 639 Å². The Morgan fingerprint density at radius 3 is 0.785 bits per heavy atom. The highest BCUT2D eigenvalue weighted by molar-refractivity contribution is 7.00. The van der Waals surface area contributed by atoms with E-state index in [0.29, 0.717) is 0 Å². The second-order valence-corrected chi connectivity index (χ2v) is 40.6. The SMILES string of the molecule is CC(C)(C)c1cc(N2c3cc(-n4c5ccc(C(C)(C)C)cc5c5cc(C(C)(C)C)ccc54)ccc3B3c4ccc(-n5c6ccc(C(C)(C)C)cc6c6cc(C(C)(C)C)ccc65)cc4N(c4cc(C(C)(C)C)cc(C(C)(C)C)c4)c4cc(N5c6ccccc6C(C)(C)c6ccccc65)cc2c43)cc(C(C)(C)C)c1. The third-order valence-corrected chi connectivity index (χ3v) is 24.2.